The van der Waals surface area contributed by atoms with Crippen LogP contribution in [0.4, 0.5) is 0 Å². The Hall–Kier alpha value is -0.0800. The summed E-state index contributed by atoms with van der Waals surface area (Å²) in [5.74, 6) is 0. The lowest BCUT2D eigenvalue weighted by Gasteiger charge is -2.46. The fourth-order valence-corrected chi connectivity index (χ4v) is 2.02. The number of hydrogen-bond acceptors (Lipinski definition) is 2. The maximum absolute atomic E-state index is 5.24. The summed E-state index contributed by atoms with van der Waals surface area (Å²) in [6, 6.07) is 0.779. The maximum Gasteiger partial charge on any atom is 0.0557 e. The highest BCUT2D eigenvalue weighted by molar-refractivity contribution is 4.93. The van der Waals surface area contributed by atoms with Gasteiger partial charge in [-0.05, 0) is 19.3 Å². The van der Waals surface area contributed by atoms with E-state index in [0.29, 0.717) is 5.41 Å². The molecule has 0 aromatic carbocycles. The molecule has 0 saturated carbocycles. The summed E-state index contributed by atoms with van der Waals surface area (Å²) in [5, 5.41) is 3.58. The molecule has 0 radical (unpaired) electrons. The summed E-state index contributed by atoms with van der Waals surface area (Å²) >= 11 is 0. The Morgan fingerprint density at radius 2 is 2.36 bits per heavy atom. The van der Waals surface area contributed by atoms with E-state index < -0.39 is 0 Å². The quantitative estimate of drug-likeness (QED) is 0.613. The van der Waals surface area contributed by atoms with Gasteiger partial charge < -0.3 is 10.1 Å². The third kappa shape index (κ3) is 1.30. The third-order valence-corrected chi connectivity index (χ3v) is 3.10. The number of rotatable bonds is 1. The van der Waals surface area contributed by atoms with E-state index in [0.717, 1.165) is 19.3 Å². The van der Waals surface area contributed by atoms with Gasteiger partial charge in [-0.25, -0.2) is 0 Å². The van der Waals surface area contributed by atoms with Gasteiger partial charge >= 0.3 is 0 Å². The van der Waals surface area contributed by atoms with Crippen molar-refractivity contribution in [2.45, 2.75) is 32.2 Å². The molecule has 0 aliphatic carbocycles. The third-order valence-electron chi connectivity index (χ3n) is 3.10. The lowest BCUT2D eigenvalue weighted by molar-refractivity contribution is -0.126. The molecule has 2 saturated heterocycles. The average molecular weight is 155 g/mol. The highest BCUT2D eigenvalue weighted by atomic mass is 16.5. The van der Waals surface area contributed by atoms with E-state index in [1.54, 1.807) is 0 Å². The van der Waals surface area contributed by atoms with Crippen molar-refractivity contribution in [2.24, 2.45) is 5.41 Å². The number of ether oxygens (including phenoxy) is 1. The second kappa shape index (κ2) is 2.76. The predicted molar refractivity (Wildman–Crippen MR) is 44.6 cm³/mol. The zero-order valence-electron chi connectivity index (χ0n) is 7.23. The molecule has 2 fully saturated rings. The zero-order chi connectivity index (χ0) is 7.73. The average Bonchev–Trinajstić information content (AvgIpc) is 2.02. The molecule has 1 unspecified atom stereocenters. The lowest BCUT2D eigenvalue weighted by Crippen LogP contribution is -2.55. The smallest absolute Gasteiger partial charge is 0.0557 e. The van der Waals surface area contributed by atoms with E-state index in [-0.39, 0.29) is 0 Å². The predicted octanol–water partition coefficient (Wildman–Crippen LogP) is 1.17. The summed E-state index contributed by atoms with van der Waals surface area (Å²) in [7, 11) is 0. The topological polar surface area (TPSA) is 21.3 Å². The molecule has 1 spiro atoms. The molecular formula is C9H17NO. The van der Waals surface area contributed by atoms with E-state index >= 15 is 0 Å². The van der Waals surface area contributed by atoms with Crippen molar-refractivity contribution < 1.29 is 4.74 Å². The van der Waals surface area contributed by atoms with E-state index in [2.05, 4.69) is 12.2 Å². The van der Waals surface area contributed by atoms with Gasteiger partial charge in [-0.2, -0.15) is 0 Å². The van der Waals surface area contributed by atoms with Crippen molar-refractivity contribution in [2.75, 3.05) is 19.8 Å². The normalized spacial score (nSPS) is 35.2. The van der Waals surface area contributed by atoms with E-state index in [4.69, 9.17) is 4.74 Å². The van der Waals surface area contributed by atoms with Gasteiger partial charge in [0, 0.05) is 18.0 Å². The first-order valence-electron chi connectivity index (χ1n) is 4.66. The summed E-state index contributed by atoms with van der Waals surface area (Å²) in [4.78, 5) is 0. The minimum atomic E-state index is 0.547. The van der Waals surface area contributed by atoms with E-state index in [1.807, 2.05) is 0 Å². The minimum Gasteiger partial charge on any atom is -0.380 e. The van der Waals surface area contributed by atoms with Crippen LogP contribution in [-0.4, -0.2) is 25.8 Å². The Bertz CT molecular complexity index is 132. The number of piperidine rings is 1. The molecule has 2 heteroatoms. The van der Waals surface area contributed by atoms with Crippen LogP contribution in [0.15, 0.2) is 0 Å². The van der Waals surface area contributed by atoms with Crippen LogP contribution in [0.2, 0.25) is 0 Å². The van der Waals surface area contributed by atoms with Crippen molar-refractivity contribution in [1.29, 1.82) is 0 Å². The molecule has 0 amide bonds. The number of hydrogen-bond donors (Lipinski definition) is 1. The van der Waals surface area contributed by atoms with Gasteiger partial charge in [-0.3, -0.25) is 0 Å². The Labute approximate surface area is 68.3 Å². The number of nitrogens with one attached hydrogen (secondary N) is 1. The van der Waals surface area contributed by atoms with Crippen LogP contribution in [0, 0.1) is 5.41 Å². The molecule has 64 valence electrons. The van der Waals surface area contributed by atoms with Gasteiger partial charge in [0.2, 0.25) is 0 Å². The van der Waals surface area contributed by atoms with Gasteiger partial charge in [0.25, 0.3) is 0 Å². The van der Waals surface area contributed by atoms with Crippen molar-refractivity contribution in [3.8, 4) is 0 Å². The second-order valence-corrected chi connectivity index (χ2v) is 4.02. The largest absolute Gasteiger partial charge is 0.380 e. The van der Waals surface area contributed by atoms with Crippen LogP contribution in [0.3, 0.4) is 0 Å². The fraction of sp³-hybridized carbons (Fsp3) is 1.00. The molecule has 2 heterocycles. The molecule has 2 aliphatic rings. The Kier molecular flexibility index (Phi) is 1.90. The van der Waals surface area contributed by atoms with E-state index in [1.165, 1.54) is 25.8 Å². The Morgan fingerprint density at radius 3 is 2.73 bits per heavy atom. The highest BCUT2D eigenvalue weighted by Gasteiger charge is 2.40. The molecule has 1 N–H and O–H groups in total. The van der Waals surface area contributed by atoms with Crippen molar-refractivity contribution >= 4 is 0 Å². The monoisotopic (exact) mass is 155 g/mol. The van der Waals surface area contributed by atoms with Crippen molar-refractivity contribution in [1.82, 2.24) is 5.32 Å². The molecule has 2 rings (SSSR count). The van der Waals surface area contributed by atoms with Crippen LogP contribution in [0.1, 0.15) is 26.2 Å². The second-order valence-electron chi connectivity index (χ2n) is 4.02. The minimum absolute atomic E-state index is 0.547. The van der Waals surface area contributed by atoms with Gasteiger partial charge in [-0.1, -0.05) is 6.92 Å². The van der Waals surface area contributed by atoms with Crippen LogP contribution < -0.4 is 5.32 Å². The SMILES string of the molecule is CCC1CCC2(CN1)COC2. The van der Waals surface area contributed by atoms with Crippen molar-refractivity contribution in [3.05, 3.63) is 0 Å². The first-order chi connectivity index (χ1) is 5.35. The molecule has 0 aromatic rings. The van der Waals surface area contributed by atoms with E-state index in [9.17, 15) is 0 Å². The molecular weight excluding hydrogens is 138 g/mol. The summed E-state index contributed by atoms with van der Waals surface area (Å²) in [5.41, 5.74) is 0.547. The standard InChI is InChI=1S/C9H17NO/c1-2-8-3-4-9(5-10-8)6-11-7-9/h8,10H,2-7H2,1H3. The summed E-state index contributed by atoms with van der Waals surface area (Å²) in [6.07, 6.45) is 4.00. The molecule has 1 atom stereocenters. The Morgan fingerprint density at radius 1 is 1.55 bits per heavy atom. The van der Waals surface area contributed by atoms with Crippen molar-refractivity contribution in [3.63, 3.8) is 0 Å². The van der Waals surface area contributed by atoms with Gasteiger partial charge in [0.05, 0.1) is 13.2 Å². The van der Waals surface area contributed by atoms with Gasteiger partial charge in [-0.15, -0.1) is 0 Å². The van der Waals surface area contributed by atoms with Crippen LogP contribution >= 0.6 is 0 Å². The summed E-state index contributed by atoms with van der Waals surface area (Å²) in [6.45, 7) is 5.44. The first kappa shape index (κ1) is 7.56. The van der Waals surface area contributed by atoms with Gasteiger partial charge in [0.1, 0.15) is 0 Å². The Balaban J connectivity index is 1.84. The molecule has 2 nitrogen and oxygen atoms in total. The summed E-state index contributed by atoms with van der Waals surface area (Å²) < 4.78 is 5.24. The molecule has 0 aromatic heterocycles. The molecule has 2 aliphatic heterocycles. The van der Waals surface area contributed by atoms with Crippen LogP contribution in [-0.2, 0) is 4.74 Å². The maximum atomic E-state index is 5.24. The fourth-order valence-electron chi connectivity index (χ4n) is 2.02. The van der Waals surface area contributed by atoms with Crippen LogP contribution in [0.25, 0.3) is 0 Å². The zero-order valence-corrected chi connectivity index (χ0v) is 7.23. The highest BCUT2D eigenvalue weighted by Crippen LogP contribution is 2.35. The van der Waals surface area contributed by atoms with Gasteiger partial charge in [0.15, 0.2) is 0 Å². The van der Waals surface area contributed by atoms with Crippen LogP contribution in [0.5, 0.6) is 0 Å². The first-order valence-corrected chi connectivity index (χ1v) is 4.66. The molecule has 0 bridgehead atoms. The lowest BCUT2D eigenvalue weighted by atomic mass is 9.77. The molecule has 11 heavy (non-hydrogen) atoms.